The first-order valence-corrected chi connectivity index (χ1v) is 6.14. The van der Waals surface area contributed by atoms with Gasteiger partial charge in [0.05, 0.1) is 25.3 Å². The Morgan fingerprint density at radius 3 is 1.45 bits per heavy atom. The van der Waals surface area contributed by atoms with Crippen molar-refractivity contribution in [3.05, 3.63) is 35.4 Å². The average molecular weight is 306 g/mol. The van der Waals surface area contributed by atoms with E-state index in [9.17, 15) is 25.2 Å². The highest BCUT2D eigenvalue weighted by molar-refractivity contribution is 6.13. The van der Waals surface area contributed by atoms with E-state index in [-0.39, 0.29) is 34.1 Å². The SMILES string of the molecule is COc1c(O)ccc(C(=O)c2ccc(O)c(OC)c2O)c1O. The van der Waals surface area contributed by atoms with Gasteiger partial charge in [0.15, 0.2) is 23.0 Å². The number of benzene rings is 2. The molecule has 116 valence electrons. The minimum absolute atomic E-state index is 0.183. The number of hydrogen-bond acceptors (Lipinski definition) is 7. The Hall–Kier alpha value is -3.09. The minimum atomic E-state index is -0.730. The van der Waals surface area contributed by atoms with Crippen molar-refractivity contribution in [2.45, 2.75) is 0 Å². The molecule has 0 unspecified atom stereocenters. The van der Waals surface area contributed by atoms with Crippen molar-refractivity contribution < 1.29 is 34.7 Å². The number of carbonyl (C=O) groups excluding carboxylic acids is 1. The summed E-state index contributed by atoms with van der Waals surface area (Å²) >= 11 is 0. The summed E-state index contributed by atoms with van der Waals surface area (Å²) in [6.07, 6.45) is 0. The second-order valence-electron chi connectivity index (χ2n) is 4.36. The van der Waals surface area contributed by atoms with E-state index in [1.54, 1.807) is 0 Å². The molecule has 0 heterocycles. The standard InChI is InChI=1S/C15H14O7/c1-21-14-9(16)5-3-7(12(14)19)11(18)8-4-6-10(17)15(22-2)13(8)20/h3-6,16-17,19-20H,1-2H3. The molecule has 7 heteroatoms. The summed E-state index contributed by atoms with van der Waals surface area (Å²) in [7, 11) is 2.45. The molecule has 0 aliphatic rings. The van der Waals surface area contributed by atoms with Crippen molar-refractivity contribution in [2.24, 2.45) is 0 Å². The minimum Gasteiger partial charge on any atom is -0.504 e. The van der Waals surface area contributed by atoms with Gasteiger partial charge in [-0.15, -0.1) is 0 Å². The van der Waals surface area contributed by atoms with E-state index in [1.807, 2.05) is 0 Å². The van der Waals surface area contributed by atoms with Crippen molar-refractivity contribution in [2.75, 3.05) is 14.2 Å². The van der Waals surface area contributed by atoms with E-state index in [2.05, 4.69) is 0 Å². The molecule has 0 atom stereocenters. The lowest BCUT2D eigenvalue weighted by Gasteiger charge is -2.12. The van der Waals surface area contributed by atoms with Crippen LogP contribution < -0.4 is 9.47 Å². The van der Waals surface area contributed by atoms with E-state index in [0.29, 0.717) is 0 Å². The largest absolute Gasteiger partial charge is 0.504 e. The van der Waals surface area contributed by atoms with Crippen molar-refractivity contribution in [3.63, 3.8) is 0 Å². The van der Waals surface area contributed by atoms with E-state index >= 15 is 0 Å². The molecule has 0 amide bonds. The Labute approximate surface area is 125 Å². The molecule has 2 rings (SSSR count). The lowest BCUT2D eigenvalue weighted by molar-refractivity contribution is 0.103. The van der Waals surface area contributed by atoms with Gasteiger partial charge >= 0.3 is 0 Å². The van der Waals surface area contributed by atoms with Gasteiger partial charge in [-0.2, -0.15) is 0 Å². The van der Waals surface area contributed by atoms with Gasteiger partial charge in [0.1, 0.15) is 0 Å². The third-order valence-electron chi connectivity index (χ3n) is 3.12. The lowest BCUT2D eigenvalue weighted by Crippen LogP contribution is -2.04. The third kappa shape index (κ3) is 2.32. The van der Waals surface area contributed by atoms with Crippen LogP contribution in [0.15, 0.2) is 24.3 Å². The molecule has 0 aliphatic carbocycles. The van der Waals surface area contributed by atoms with Crippen molar-refractivity contribution >= 4 is 5.78 Å². The highest BCUT2D eigenvalue weighted by Gasteiger charge is 2.24. The Morgan fingerprint density at radius 2 is 1.14 bits per heavy atom. The van der Waals surface area contributed by atoms with Gasteiger partial charge in [0, 0.05) is 0 Å². The van der Waals surface area contributed by atoms with E-state index in [4.69, 9.17) is 9.47 Å². The smallest absolute Gasteiger partial charge is 0.203 e. The van der Waals surface area contributed by atoms with Crippen LogP contribution in [0.25, 0.3) is 0 Å². The number of rotatable bonds is 4. The summed E-state index contributed by atoms with van der Waals surface area (Å²) in [6, 6.07) is 4.74. The number of carbonyl (C=O) groups is 1. The summed E-state index contributed by atoms with van der Waals surface area (Å²) in [5.74, 6) is -3.01. The Morgan fingerprint density at radius 1 is 0.773 bits per heavy atom. The van der Waals surface area contributed by atoms with Gasteiger partial charge in [-0.3, -0.25) is 4.79 Å². The highest BCUT2D eigenvalue weighted by atomic mass is 16.5. The molecule has 0 saturated carbocycles. The van der Waals surface area contributed by atoms with Crippen molar-refractivity contribution in [1.29, 1.82) is 0 Å². The zero-order valence-electron chi connectivity index (χ0n) is 11.8. The number of methoxy groups -OCH3 is 2. The van der Waals surface area contributed by atoms with Gasteiger partial charge < -0.3 is 29.9 Å². The van der Waals surface area contributed by atoms with Crippen LogP contribution in [0.3, 0.4) is 0 Å². The van der Waals surface area contributed by atoms with E-state index in [1.165, 1.54) is 38.5 Å². The maximum atomic E-state index is 12.5. The predicted molar refractivity (Wildman–Crippen MR) is 76.1 cm³/mol. The fraction of sp³-hybridized carbons (Fsp3) is 0.133. The van der Waals surface area contributed by atoms with Gasteiger partial charge in [-0.05, 0) is 24.3 Å². The quantitative estimate of drug-likeness (QED) is 0.636. The molecular formula is C15H14O7. The van der Waals surface area contributed by atoms with Crippen molar-refractivity contribution in [1.82, 2.24) is 0 Å². The van der Waals surface area contributed by atoms with Crippen LogP contribution in [0, 0.1) is 0 Å². The van der Waals surface area contributed by atoms with Crippen LogP contribution in [0.1, 0.15) is 15.9 Å². The molecule has 2 aromatic carbocycles. The molecule has 22 heavy (non-hydrogen) atoms. The summed E-state index contributed by atoms with van der Waals surface area (Å²) in [5, 5.41) is 39.1. The van der Waals surface area contributed by atoms with Crippen LogP contribution >= 0.6 is 0 Å². The molecule has 0 saturated heterocycles. The number of ketones is 1. The first kappa shape index (κ1) is 15.3. The molecule has 0 bridgehead atoms. The normalized spacial score (nSPS) is 10.3. The third-order valence-corrected chi connectivity index (χ3v) is 3.12. The van der Waals surface area contributed by atoms with E-state index < -0.39 is 17.3 Å². The van der Waals surface area contributed by atoms with Gasteiger partial charge in [-0.1, -0.05) is 0 Å². The molecule has 7 nitrogen and oxygen atoms in total. The van der Waals surface area contributed by atoms with Crippen LogP contribution in [-0.4, -0.2) is 40.4 Å². The summed E-state index contributed by atoms with van der Waals surface area (Å²) < 4.78 is 9.63. The van der Waals surface area contributed by atoms with Gasteiger partial charge in [0.2, 0.25) is 17.3 Å². The topological polar surface area (TPSA) is 116 Å². The Kier molecular flexibility index (Phi) is 3.98. The predicted octanol–water partition coefficient (Wildman–Crippen LogP) is 1.76. The second-order valence-corrected chi connectivity index (χ2v) is 4.36. The fourth-order valence-electron chi connectivity index (χ4n) is 2.04. The lowest BCUT2D eigenvalue weighted by atomic mass is 10.00. The number of phenolic OH excluding ortho intramolecular Hbond substituents is 4. The Bertz CT molecular complexity index is 676. The summed E-state index contributed by atoms with van der Waals surface area (Å²) in [6.45, 7) is 0. The molecule has 0 aromatic heterocycles. The van der Waals surface area contributed by atoms with Gasteiger partial charge in [0.25, 0.3) is 0 Å². The molecular weight excluding hydrogens is 292 g/mol. The monoisotopic (exact) mass is 306 g/mol. The summed E-state index contributed by atoms with van der Waals surface area (Å²) in [5.41, 5.74) is -0.365. The first-order chi connectivity index (χ1) is 10.4. The van der Waals surface area contributed by atoms with Crippen LogP contribution in [0.2, 0.25) is 0 Å². The molecule has 0 fully saturated rings. The molecule has 2 aromatic rings. The number of aromatic hydroxyl groups is 4. The maximum Gasteiger partial charge on any atom is 0.203 e. The number of ether oxygens (including phenoxy) is 2. The highest BCUT2D eigenvalue weighted by Crippen LogP contribution is 2.42. The zero-order valence-corrected chi connectivity index (χ0v) is 11.8. The number of hydrogen-bond donors (Lipinski definition) is 4. The van der Waals surface area contributed by atoms with Crippen molar-refractivity contribution in [3.8, 4) is 34.5 Å². The Balaban J connectivity index is 2.59. The first-order valence-electron chi connectivity index (χ1n) is 6.14. The van der Waals surface area contributed by atoms with Crippen LogP contribution in [0.5, 0.6) is 34.5 Å². The van der Waals surface area contributed by atoms with Crippen LogP contribution in [0.4, 0.5) is 0 Å². The van der Waals surface area contributed by atoms with E-state index in [0.717, 1.165) is 0 Å². The molecule has 0 aliphatic heterocycles. The zero-order chi connectivity index (χ0) is 16.4. The maximum absolute atomic E-state index is 12.5. The summed E-state index contributed by atoms with van der Waals surface area (Å²) in [4.78, 5) is 12.5. The molecule has 0 radical (unpaired) electrons. The average Bonchev–Trinajstić information content (AvgIpc) is 2.48. The molecule has 4 N–H and O–H groups in total. The van der Waals surface area contributed by atoms with Gasteiger partial charge in [-0.25, -0.2) is 0 Å². The fourth-order valence-corrected chi connectivity index (χ4v) is 2.04. The van der Waals surface area contributed by atoms with Crippen LogP contribution in [-0.2, 0) is 0 Å². The molecule has 0 spiro atoms. The second kappa shape index (κ2) is 5.72. The number of phenols is 4.